The summed E-state index contributed by atoms with van der Waals surface area (Å²) in [5.74, 6) is -1.45. The molecule has 0 saturated carbocycles. The largest absolute Gasteiger partial charge is 0.326 e. The highest BCUT2D eigenvalue weighted by Crippen LogP contribution is 2.20. The monoisotopic (exact) mass is 254 g/mol. The van der Waals surface area contributed by atoms with Crippen LogP contribution in [-0.4, -0.2) is 16.6 Å². The molecule has 0 unspecified atom stereocenters. The minimum atomic E-state index is -0.814. The molecule has 0 fully saturated rings. The number of nitrogens with one attached hydrogen (secondary N) is 1. The van der Waals surface area contributed by atoms with Crippen LogP contribution in [0.25, 0.3) is 0 Å². The molecule has 96 valence electrons. The molecule has 0 atom stereocenters. The number of benzene rings is 1. The molecule has 0 heterocycles. The molecule has 0 saturated heterocycles. The van der Waals surface area contributed by atoms with Gasteiger partial charge in [-0.1, -0.05) is 0 Å². The van der Waals surface area contributed by atoms with E-state index in [0.717, 1.165) is 18.2 Å². The number of carbonyl (C=O) groups excluding carboxylic acids is 2. The molecule has 1 amide bonds. The lowest BCUT2D eigenvalue weighted by atomic mass is 10.2. The average Bonchev–Trinajstić information content (AvgIpc) is 2.25. The van der Waals surface area contributed by atoms with E-state index in [0.29, 0.717) is 0 Å². The van der Waals surface area contributed by atoms with Crippen molar-refractivity contribution in [3.05, 3.63) is 34.1 Å². The molecule has 0 aliphatic heterocycles. The van der Waals surface area contributed by atoms with Gasteiger partial charge in [0.05, 0.1) is 16.7 Å². The summed E-state index contributed by atoms with van der Waals surface area (Å²) < 4.78 is 13.0. The third-order valence-corrected chi connectivity index (χ3v) is 2.08. The van der Waals surface area contributed by atoms with Crippen LogP contribution in [0.2, 0.25) is 0 Å². The zero-order chi connectivity index (χ0) is 13.7. The number of nitrogens with zero attached hydrogens (tertiary/aromatic N) is 1. The van der Waals surface area contributed by atoms with E-state index in [1.54, 1.807) is 0 Å². The van der Waals surface area contributed by atoms with Gasteiger partial charge in [0, 0.05) is 18.9 Å². The van der Waals surface area contributed by atoms with Crippen molar-refractivity contribution in [2.45, 2.75) is 19.8 Å². The van der Waals surface area contributed by atoms with Crippen LogP contribution >= 0.6 is 0 Å². The Bertz CT molecular complexity index is 502. The molecule has 1 rings (SSSR count). The van der Waals surface area contributed by atoms with Crippen molar-refractivity contribution in [3.8, 4) is 0 Å². The normalized spacial score (nSPS) is 9.89. The molecule has 6 nitrogen and oxygen atoms in total. The molecular formula is C11H11FN2O4. The quantitative estimate of drug-likeness (QED) is 0.643. The smallest absolute Gasteiger partial charge is 0.274 e. The lowest BCUT2D eigenvalue weighted by Gasteiger charge is -2.04. The average molecular weight is 254 g/mol. The van der Waals surface area contributed by atoms with Crippen LogP contribution in [0, 0.1) is 15.9 Å². The van der Waals surface area contributed by atoms with Crippen molar-refractivity contribution in [3.63, 3.8) is 0 Å². The Morgan fingerprint density at radius 1 is 1.33 bits per heavy atom. The van der Waals surface area contributed by atoms with Crippen LogP contribution in [0.3, 0.4) is 0 Å². The highest BCUT2D eigenvalue weighted by molar-refractivity contribution is 5.93. The summed E-state index contributed by atoms with van der Waals surface area (Å²) in [5.41, 5.74) is -0.452. The van der Waals surface area contributed by atoms with Crippen molar-refractivity contribution in [1.82, 2.24) is 0 Å². The number of non-ortho nitro benzene ring substituents is 1. The van der Waals surface area contributed by atoms with E-state index in [9.17, 15) is 24.1 Å². The number of nitro groups is 1. The molecule has 0 radical (unpaired) electrons. The van der Waals surface area contributed by atoms with Crippen LogP contribution in [0.5, 0.6) is 0 Å². The minimum Gasteiger partial charge on any atom is -0.326 e. The van der Waals surface area contributed by atoms with Gasteiger partial charge in [-0.2, -0.15) is 0 Å². The first-order chi connectivity index (χ1) is 8.38. The van der Waals surface area contributed by atoms with Crippen molar-refractivity contribution < 1.29 is 18.9 Å². The van der Waals surface area contributed by atoms with Gasteiger partial charge in [0.25, 0.3) is 5.69 Å². The first kappa shape index (κ1) is 13.8. The molecule has 0 bridgehead atoms. The molecule has 0 spiro atoms. The fourth-order valence-electron chi connectivity index (χ4n) is 1.26. The highest BCUT2D eigenvalue weighted by atomic mass is 19.1. The summed E-state index contributed by atoms with van der Waals surface area (Å²) in [6, 6.07) is 2.78. The summed E-state index contributed by atoms with van der Waals surface area (Å²) in [7, 11) is 0. The molecule has 1 N–H and O–H groups in total. The topological polar surface area (TPSA) is 89.3 Å². The fraction of sp³-hybridized carbons (Fsp3) is 0.273. The molecule has 1 aromatic rings. The second kappa shape index (κ2) is 5.85. The summed E-state index contributed by atoms with van der Waals surface area (Å²) in [6.45, 7) is 1.35. The predicted octanol–water partition coefficient (Wildman–Crippen LogP) is 2.04. The van der Waals surface area contributed by atoms with Crippen molar-refractivity contribution in [1.29, 1.82) is 0 Å². The number of carbonyl (C=O) groups is 2. The van der Waals surface area contributed by atoms with Crippen LogP contribution < -0.4 is 5.32 Å². The second-order valence-corrected chi connectivity index (χ2v) is 3.71. The van der Waals surface area contributed by atoms with E-state index in [1.807, 2.05) is 0 Å². The summed E-state index contributed by atoms with van der Waals surface area (Å²) >= 11 is 0. The van der Waals surface area contributed by atoms with E-state index in [1.165, 1.54) is 6.92 Å². The van der Waals surface area contributed by atoms with Crippen LogP contribution in [0.1, 0.15) is 19.8 Å². The zero-order valence-corrected chi connectivity index (χ0v) is 9.60. The maximum Gasteiger partial charge on any atom is 0.274 e. The molecule has 0 aliphatic rings. The number of hydrogen-bond acceptors (Lipinski definition) is 4. The van der Waals surface area contributed by atoms with Crippen molar-refractivity contribution in [2.75, 3.05) is 5.32 Å². The van der Waals surface area contributed by atoms with Gasteiger partial charge >= 0.3 is 0 Å². The number of anilines is 1. The first-order valence-corrected chi connectivity index (χ1v) is 5.13. The van der Waals surface area contributed by atoms with Gasteiger partial charge in [-0.25, -0.2) is 4.39 Å². The molecule has 18 heavy (non-hydrogen) atoms. The standard InChI is InChI=1S/C11H11FN2O4/c1-7(15)2-3-11(16)13-9-4-8(12)5-10(6-9)14(17)18/h4-6H,2-3H2,1H3,(H,13,16). The highest BCUT2D eigenvalue weighted by Gasteiger charge is 2.11. The van der Waals surface area contributed by atoms with E-state index >= 15 is 0 Å². The number of rotatable bonds is 5. The van der Waals surface area contributed by atoms with Gasteiger partial charge < -0.3 is 10.1 Å². The molecule has 7 heteroatoms. The number of halogens is 1. The van der Waals surface area contributed by atoms with Gasteiger partial charge in [-0.05, 0) is 13.0 Å². The summed E-state index contributed by atoms with van der Waals surface area (Å²) in [6.07, 6.45) is 0.0306. The lowest BCUT2D eigenvalue weighted by molar-refractivity contribution is -0.385. The van der Waals surface area contributed by atoms with Gasteiger partial charge in [0.1, 0.15) is 11.6 Å². The van der Waals surface area contributed by atoms with E-state index in [2.05, 4.69) is 5.32 Å². The Hall–Kier alpha value is -2.31. The maximum atomic E-state index is 13.0. The van der Waals surface area contributed by atoms with Crippen molar-refractivity contribution in [2.24, 2.45) is 0 Å². The zero-order valence-electron chi connectivity index (χ0n) is 9.60. The minimum absolute atomic E-state index is 0.00440. The Balaban J connectivity index is 2.75. The third-order valence-electron chi connectivity index (χ3n) is 2.08. The number of hydrogen-bond donors (Lipinski definition) is 1. The van der Waals surface area contributed by atoms with Crippen LogP contribution in [0.4, 0.5) is 15.8 Å². The Labute approximate surface area is 102 Å². The van der Waals surface area contributed by atoms with Crippen LogP contribution in [0.15, 0.2) is 18.2 Å². The number of nitro benzene ring substituents is 1. The Morgan fingerprint density at radius 2 is 2.00 bits per heavy atom. The fourth-order valence-corrected chi connectivity index (χ4v) is 1.26. The van der Waals surface area contributed by atoms with E-state index in [-0.39, 0.29) is 24.3 Å². The second-order valence-electron chi connectivity index (χ2n) is 3.71. The van der Waals surface area contributed by atoms with Gasteiger partial charge in [0.15, 0.2) is 0 Å². The lowest BCUT2D eigenvalue weighted by Crippen LogP contribution is -2.12. The number of Topliss-reactive ketones (excluding diaryl/α,β-unsaturated/α-hetero) is 1. The summed E-state index contributed by atoms with van der Waals surface area (Å²) in [4.78, 5) is 31.8. The molecule has 0 aromatic heterocycles. The summed E-state index contributed by atoms with van der Waals surface area (Å²) in [5, 5.41) is 12.8. The Kier molecular flexibility index (Phi) is 4.47. The number of ketones is 1. The van der Waals surface area contributed by atoms with Crippen LogP contribution in [-0.2, 0) is 9.59 Å². The first-order valence-electron chi connectivity index (χ1n) is 5.13. The number of amides is 1. The molecular weight excluding hydrogens is 243 g/mol. The Morgan fingerprint density at radius 3 is 2.56 bits per heavy atom. The van der Waals surface area contributed by atoms with E-state index in [4.69, 9.17) is 0 Å². The van der Waals surface area contributed by atoms with Crippen molar-refractivity contribution >= 4 is 23.1 Å². The third kappa shape index (κ3) is 4.28. The van der Waals surface area contributed by atoms with Gasteiger partial charge in [-0.15, -0.1) is 0 Å². The van der Waals surface area contributed by atoms with E-state index < -0.39 is 22.3 Å². The van der Waals surface area contributed by atoms with Gasteiger partial charge in [0.2, 0.25) is 5.91 Å². The maximum absolute atomic E-state index is 13.0. The molecule has 0 aliphatic carbocycles. The van der Waals surface area contributed by atoms with Gasteiger partial charge in [-0.3, -0.25) is 14.9 Å². The predicted molar refractivity (Wildman–Crippen MR) is 61.6 cm³/mol. The molecule has 1 aromatic carbocycles. The SMILES string of the molecule is CC(=O)CCC(=O)Nc1cc(F)cc([N+](=O)[O-])c1.